The summed E-state index contributed by atoms with van der Waals surface area (Å²) in [6.45, 7) is 2.73. The number of benzene rings is 2. The Morgan fingerprint density at radius 1 is 0.778 bits per heavy atom. The van der Waals surface area contributed by atoms with Gasteiger partial charge >= 0.3 is 0 Å². The Balaban J connectivity index is 1.80. The van der Waals surface area contributed by atoms with Crippen LogP contribution in [0.15, 0.2) is 62.8 Å². The zero-order valence-electron chi connectivity index (χ0n) is 14.9. The van der Waals surface area contributed by atoms with Crippen LogP contribution >= 0.6 is 15.9 Å². The van der Waals surface area contributed by atoms with Crippen LogP contribution in [0.2, 0.25) is 0 Å². The predicted octanol–water partition coefficient (Wildman–Crippen LogP) is 2.84. The second-order valence-corrected chi connectivity index (χ2v) is 11.2. The molecule has 1 saturated heterocycles. The summed E-state index contributed by atoms with van der Waals surface area (Å²) in [6, 6.07) is 13.2. The number of halogens is 1. The van der Waals surface area contributed by atoms with Crippen molar-refractivity contribution in [3.8, 4) is 0 Å². The van der Waals surface area contributed by atoms with Crippen molar-refractivity contribution in [3.05, 3.63) is 58.6 Å². The average Bonchev–Trinajstić information content (AvgIpc) is 2.89. The lowest BCUT2D eigenvalue weighted by Crippen LogP contribution is -2.37. The molecular weight excluding hydrogens is 452 g/mol. The molecule has 1 aliphatic heterocycles. The zero-order chi connectivity index (χ0) is 19.7. The first-order valence-electron chi connectivity index (χ1n) is 8.54. The second-order valence-electron chi connectivity index (χ2n) is 6.43. The Kier molecular flexibility index (Phi) is 6.07. The number of nitrogens with zero attached hydrogens (tertiary/aromatic N) is 2. The molecule has 9 heteroatoms. The first kappa shape index (κ1) is 20.5. The number of rotatable bonds is 4. The molecule has 2 aromatic rings. The molecule has 2 aromatic carbocycles. The molecule has 0 saturated carbocycles. The van der Waals surface area contributed by atoms with Crippen LogP contribution in [0, 0.1) is 6.92 Å². The van der Waals surface area contributed by atoms with Crippen LogP contribution in [-0.4, -0.2) is 51.6 Å². The number of aryl methyl sites for hydroxylation is 1. The molecule has 0 aromatic heterocycles. The van der Waals surface area contributed by atoms with Crippen LogP contribution in [-0.2, 0) is 20.0 Å². The van der Waals surface area contributed by atoms with Gasteiger partial charge in [-0.25, -0.2) is 16.8 Å². The van der Waals surface area contributed by atoms with Gasteiger partial charge in [-0.3, -0.25) is 0 Å². The van der Waals surface area contributed by atoms with Gasteiger partial charge in [0, 0.05) is 30.7 Å². The maximum atomic E-state index is 12.9. The summed E-state index contributed by atoms with van der Waals surface area (Å²) < 4.78 is 54.9. The molecule has 6 nitrogen and oxygen atoms in total. The fourth-order valence-corrected chi connectivity index (χ4v) is 6.52. The molecule has 0 atom stereocenters. The van der Waals surface area contributed by atoms with E-state index < -0.39 is 20.0 Å². The topological polar surface area (TPSA) is 74.8 Å². The van der Waals surface area contributed by atoms with Gasteiger partial charge in [0.05, 0.1) is 9.79 Å². The van der Waals surface area contributed by atoms with E-state index in [-0.39, 0.29) is 29.4 Å². The SMILES string of the molecule is Cc1ccc(S(=O)(=O)N2CCCN(S(=O)(=O)c3cccc(Br)c3)CC2)cc1. The van der Waals surface area contributed by atoms with Crippen LogP contribution in [0.25, 0.3) is 0 Å². The third kappa shape index (κ3) is 4.43. The minimum atomic E-state index is -3.67. The van der Waals surface area contributed by atoms with Crippen LogP contribution in [0.5, 0.6) is 0 Å². The Hall–Kier alpha value is -1.26. The van der Waals surface area contributed by atoms with Gasteiger partial charge in [0.15, 0.2) is 0 Å². The highest BCUT2D eigenvalue weighted by atomic mass is 79.9. The highest BCUT2D eigenvalue weighted by Crippen LogP contribution is 2.23. The maximum Gasteiger partial charge on any atom is 0.243 e. The van der Waals surface area contributed by atoms with Gasteiger partial charge in [-0.2, -0.15) is 8.61 Å². The molecule has 1 heterocycles. The molecule has 0 unspecified atom stereocenters. The van der Waals surface area contributed by atoms with Gasteiger partial charge in [-0.05, 0) is 43.7 Å². The van der Waals surface area contributed by atoms with Crippen molar-refractivity contribution in [2.24, 2.45) is 0 Å². The van der Waals surface area contributed by atoms with Crippen LogP contribution < -0.4 is 0 Å². The van der Waals surface area contributed by atoms with Crippen molar-refractivity contribution in [1.29, 1.82) is 0 Å². The molecule has 1 fully saturated rings. The minimum Gasteiger partial charge on any atom is -0.207 e. The summed E-state index contributed by atoms with van der Waals surface area (Å²) in [5, 5.41) is 0. The van der Waals surface area contributed by atoms with E-state index in [1.807, 2.05) is 6.92 Å². The van der Waals surface area contributed by atoms with E-state index in [1.165, 1.54) is 8.61 Å². The summed E-state index contributed by atoms with van der Waals surface area (Å²) in [5.74, 6) is 0. The van der Waals surface area contributed by atoms with Crippen molar-refractivity contribution in [2.75, 3.05) is 26.2 Å². The third-order valence-corrected chi connectivity index (χ3v) is 8.81. The molecular formula is C18H21BrN2O4S2. The molecule has 146 valence electrons. The van der Waals surface area contributed by atoms with E-state index in [0.717, 1.165) is 5.56 Å². The number of hydrogen-bond acceptors (Lipinski definition) is 4. The summed E-state index contributed by atoms with van der Waals surface area (Å²) in [4.78, 5) is 0.433. The molecule has 1 aliphatic rings. The highest BCUT2D eigenvalue weighted by Gasteiger charge is 2.31. The van der Waals surface area contributed by atoms with E-state index in [0.29, 0.717) is 17.4 Å². The molecule has 27 heavy (non-hydrogen) atoms. The van der Waals surface area contributed by atoms with Crippen molar-refractivity contribution in [1.82, 2.24) is 8.61 Å². The van der Waals surface area contributed by atoms with Crippen molar-refractivity contribution in [3.63, 3.8) is 0 Å². The Labute approximate surface area is 169 Å². The maximum absolute atomic E-state index is 12.9. The van der Waals surface area contributed by atoms with E-state index in [2.05, 4.69) is 15.9 Å². The monoisotopic (exact) mass is 472 g/mol. The van der Waals surface area contributed by atoms with Gasteiger partial charge in [-0.1, -0.05) is 39.7 Å². The van der Waals surface area contributed by atoms with Crippen molar-refractivity contribution < 1.29 is 16.8 Å². The quantitative estimate of drug-likeness (QED) is 0.685. The van der Waals surface area contributed by atoms with Crippen molar-refractivity contribution in [2.45, 2.75) is 23.1 Å². The van der Waals surface area contributed by atoms with Crippen LogP contribution in [0.4, 0.5) is 0 Å². The first-order chi connectivity index (χ1) is 12.7. The first-order valence-corrected chi connectivity index (χ1v) is 12.2. The molecule has 0 N–H and O–H groups in total. The smallest absolute Gasteiger partial charge is 0.207 e. The summed E-state index contributed by atoms with van der Waals surface area (Å²) in [6.07, 6.45) is 0.443. The standard InChI is InChI=1S/C18H21BrN2O4S2/c1-15-6-8-17(9-7-15)26(22,23)20-10-3-11-21(13-12-20)27(24,25)18-5-2-4-16(19)14-18/h2,4-9,14H,3,10-13H2,1H3. The summed E-state index contributed by atoms with van der Waals surface area (Å²) in [5.41, 5.74) is 0.983. The molecule has 0 aliphatic carbocycles. The third-order valence-electron chi connectivity index (χ3n) is 4.51. The molecule has 0 radical (unpaired) electrons. The normalized spacial score (nSPS) is 17.6. The lowest BCUT2D eigenvalue weighted by Gasteiger charge is -2.22. The molecule has 0 spiro atoms. The minimum absolute atomic E-state index is 0.125. The summed E-state index contributed by atoms with van der Waals surface area (Å²) >= 11 is 3.29. The fourth-order valence-electron chi connectivity index (χ4n) is 2.99. The van der Waals surface area contributed by atoms with E-state index >= 15 is 0 Å². The lowest BCUT2D eigenvalue weighted by atomic mass is 10.2. The lowest BCUT2D eigenvalue weighted by molar-refractivity contribution is 0.404. The van der Waals surface area contributed by atoms with Gasteiger partial charge in [0.1, 0.15) is 0 Å². The zero-order valence-corrected chi connectivity index (χ0v) is 18.1. The van der Waals surface area contributed by atoms with E-state index in [4.69, 9.17) is 0 Å². The second kappa shape index (κ2) is 8.00. The molecule has 3 rings (SSSR count). The van der Waals surface area contributed by atoms with Crippen LogP contribution in [0.3, 0.4) is 0 Å². The number of hydrogen-bond donors (Lipinski definition) is 0. The Bertz CT molecular complexity index is 1020. The van der Waals surface area contributed by atoms with Gasteiger partial charge in [0.2, 0.25) is 20.0 Å². The van der Waals surface area contributed by atoms with Crippen LogP contribution in [0.1, 0.15) is 12.0 Å². The Morgan fingerprint density at radius 3 is 1.89 bits per heavy atom. The fraction of sp³-hybridized carbons (Fsp3) is 0.333. The van der Waals surface area contributed by atoms with E-state index in [9.17, 15) is 16.8 Å². The average molecular weight is 473 g/mol. The largest absolute Gasteiger partial charge is 0.243 e. The molecule has 0 bridgehead atoms. The van der Waals surface area contributed by atoms with Gasteiger partial charge < -0.3 is 0 Å². The molecule has 0 amide bonds. The van der Waals surface area contributed by atoms with Crippen molar-refractivity contribution >= 4 is 36.0 Å². The summed E-state index contributed by atoms with van der Waals surface area (Å²) in [7, 11) is -7.30. The predicted molar refractivity (Wildman–Crippen MR) is 107 cm³/mol. The number of sulfonamides is 2. The van der Waals surface area contributed by atoms with Gasteiger partial charge in [0.25, 0.3) is 0 Å². The Morgan fingerprint density at radius 2 is 1.33 bits per heavy atom. The van der Waals surface area contributed by atoms with E-state index in [1.54, 1.807) is 48.5 Å². The van der Waals surface area contributed by atoms with Gasteiger partial charge in [-0.15, -0.1) is 0 Å². The highest BCUT2D eigenvalue weighted by molar-refractivity contribution is 9.10.